The number of nitrogens with zero attached hydrogens (tertiary/aromatic N) is 3. The van der Waals surface area contributed by atoms with E-state index in [2.05, 4.69) is 15.2 Å². The van der Waals surface area contributed by atoms with Gasteiger partial charge in [0.2, 0.25) is 5.89 Å². The van der Waals surface area contributed by atoms with Crippen LogP contribution in [0.15, 0.2) is 34.2 Å². The van der Waals surface area contributed by atoms with Gasteiger partial charge in [-0.2, -0.15) is 0 Å². The van der Waals surface area contributed by atoms with Gasteiger partial charge < -0.3 is 9.15 Å². The van der Waals surface area contributed by atoms with Crippen molar-refractivity contribution in [1.29, 1.82) is 0 Å². The first-order chi connectivity index (χ1) is 9.74. The first-order valence-electron chi connectivity index (χ1n) is 6.31. The largest absolute Gasteiger partial charge is 0.465 e. The Morgan fingerprint density at radius 1 is 1.35 bits per heavy atom. The van der Waals surface area contributed by atoms with Crippen molar-refractivity contribution in [1.82, 2.24) is 15.2 Å². The summed E-state index contributed by atoms with van der Waals surface area (Å²) in [4.78, 5) is 15.6. The summed E-state index contributed by atoms with van der Waals surface area (Å²) in [5, 5.41) is 7.93. The molecule has 0 aromatic carbocycles. The van der Waals surface area contributed by atoms with Gasteiger partial charge in [-0.15, -0.1) is 10.2 Å². The van der Waals surface area contributed by atoms with E-state index in [1.807, 2.05) is 6.92 Å². The zero-order valence-corrected chi connectivity index (χ0v) is 12.1. The van der Waals surface area contributed by atoms with Crippen molar-refractivity contribution < 1.29 is 13.9 Å². The molecule has 7 heteroatoms. The highest BCUT2D eigenvalue weighted by Gasteiger charge is 2.22. The number of hydrogen-bond acceptors (Lipinski definition) is 7. The second kappa shape index (κ2) is 7.04. The highest BCUT2D eigenvalue weighted by molar-refractivity contribution is 8.00. The third kappa shape index (κ3) is 3.57. The molecule has 1 unspecified atom stereocenters. The highest BCUT2D eigenvalue weighted by Crippen LogP contribution is 2.27. The van der Waals surface area contributed by atoms with Crippen LogP contribution in [0.1, 0.15) is 20.3 Å². The maximum Gasteiger partial charge on any atom is 0.319 e. The number of rotatable bonds is 6. The topological polar surface area (TPSA) is 78.1 Å². The van der Waals surface area contributed by atoms with Gasteiger partial charge >= 0.3 is 5.97 Å². The predicted octanol–water partition coefficient (Wildman–Crippen LogP) is 2.57. The van der Waals surface area contributed by atoms with E-state index in [1.54, 1.807) is 31.5 Å². The van der Waals surface area contributed by atoms with Gasteiger partial charge in [0.25, 0.3) is 5.22 Å². The molecule has 106 valence electrons. The number of pyridine rings is 1. The molecule has 0 saturated carbocycles. The van der Waals surface area contributed by atoms with Crippen LogP contribution in [0.5, 0.6) is 0 Å². The van der Waals surface area contributed by atoms with E-state index in [4.69, 9.17) is 9.15 Å². The minimum absolute atomic E-state index is 0.260. The second-order valence-corrected chi connectivity index (χ2v) is 5.03. The summed E-state index contributed by atoms with van der Waals surface area (Å²) in [7, 11) is 0. The molecule has 2 rings (SSSR count). The lowest BCUT2D eigenvalue weighted by Gasteiger charge is -2.09. The maximum atomic E-state index is 11.7. The maximum absolute atomic E-state index is 11.7. The van der Waals surface area contributed by atoms with Crippen molar-refractivity contribution in [2.45, 2.75) is 30.7 Å². The van der Waals surface area contributed by atoms with E-state index in [-0.39, 0.29) is 11.2 Å². The second-order valence-electron chi connectivity index (χ2n) is 3.88. The van der Waals surface area contributed by atoms with Crippen molar-refractivity contribution in [3.8, 4) is 11.5 Å². The van der Waals surface area contributed by atoms with E-state index < -0.39 is 0 Å². The summed E-state index contributed by atoms with van der Waals surface area (Å²) in [6.45, 7) is 4.06. The number of hydrogen-bond donors (Lipinski definition) is 0. The van der Waals surface area contributed by atoms with Crippen LogP contribution in [0.25, 0.3) is 11.5 Å². The molecule has 0 fully saturated rings. The van der Waals surface area contributed by atoms with Crippen LogP contribution in [0.2, 0.25) is 0 Å². The first-order valence-corrected chi connectivity index (χ1v) is 7.19. The Morgan fingerprint density at radius 3 is 2.75 bits per heavy atom. The van der Waals surface area contributed by atoms with Gasteiger partial charge in [0, 0.05) is 18.0 Å². The van der Waals surface area contributed by atoms with Gasteiger partial charge in [0.1, 0.15) is 5.25 Å². The molecule has 20 heavy (non-hydrogen) atoms. The van der Waals surface area contributed by atoms with Crippen LogP contribution in [0, 0.1) is 0 Å². The molecular weight excluding hydrogens is 278 g/mol. The summed E-state index contributed by atoms with van der Waals surface area (Å²) in [6, 6.07) is 3.56. The number of carbonyl (C=O) groups excluding carboxylic acids is 1. The smallest absolute Gasteiger partial charge is 0.319 e. The Labute approximate surface area is 120 Å². The molecule has 0 amide bonds. The van der Waals surface area contributed by atoms with Gasteiger partial charge in [-0.25, -0.2) is 0 Å². The Morgan fingerprint density at radius 2 is 2.10 bits per heavy atom. The van der Waals surface area contributed by atoms with Crippen LogP contribution in [-0.2, 0) is 9.53 Å². The lowest BCUT2D eigenvalue weighted by Crippen LogP contribution is -2.19. The normalized spacial score (nSPS) is 12.1. The van der Waals surface area contributed by atoms with Crippen LogP contribution < -0.4 is 0 Å². The molecule has 0 bridgehead atoms. The first kappa shape index (κ1) is 14.5. The Balaban J connectivity index is 2.07. The van der Waals surface area contributed by atoms with Gasteiger partial charge in [-0.05, 0) is 25.5 Å². The van der Waals surface area contributed by atoms with Gasteiger partial charge in [0.05, 0.1) is 6.61 Å². The third-order valence-electron chi connectivity index (χ3n) is 2.50. The number of carbonyl (C=O) groups is 1. The molecule has 0 aliphatic carbocycles. The summed E-state index contributed by atoms with van der Waals surface area (Å²) < 4.78 is 10.5. The van der Waals surface area contributed by atoms with Crippen molar-refractivity contribution >= 4 is 17.7 Å². The Bertz CT molecular complexity index is 559. The number of ether oxygens (including phenoxy) is 1. The van der Waals surface area contributed by atoms with Crippen LogP contribution >= 0.6 is 11.8 Å². The summed E-state index contributed by atoms with van der Waals surface area (Å²) in [5.74, 6) is 0.150. The molecule has 0 saturated heterocycles. The lowest BCUT2D eigenvalue weighted by atomic mass is 10.3. The summed E-state index contributed by atoms with van der Waals surface area (Å²) in [6.07, 6.45) is 3.94. The Hall–Kier alpha value is -1.89. The van der Waals surface area contributed by atoms with Crippen molar-refractivity contribution in [3.63, 3.8) is 0 Å². The SMILES string of the molecule is CCOC(=O)C(CC)Sc1nnc(-c2ccncc2)o1. The molecule has 2 aromatic heterocycles. The van der Waals surface area contributed by atoms with Crippen molar-refractivity contribution in [2.24, 2.45) is 0 Å². The fourth-order valence-corrected chi connectivity index (χ4v) is 2.31. The highest BCUT2D eigenvalue weighted by atomic mass is 32.2. The minimum Gasteiger partial charge on any atom is -0.465 e. The molecule has 0 aliphatic heterocycles. The minimum atomic E-state index is -0.333. The molecule has 0 radical (unpaired) electrons. The van der Waals surface area contributed by atoms with Gasteiger partial charge in [0.15, 0.2) is 0 Å². The molecule has 0 aliphatic rings. The molecule has 0 N–H and O–H groups in total. The average Bonchev–Trinajstić information content (AvgIpc) is 2.94. The molecule has 0 spiro atoms. The fourth-order valence-electron chi connectivity index (χ4n) is 1.52. The molecular formula is C13H15N3O3S. The van der Waals surface area contributed by atoms with E-state index in [0.29, 0.717) is 24.1 Å². The fraction of sp³-hybridized carbons (Fsp3) is 0.385. The number of aromatic nitrogens is 3. The quantitative estimate of drug-likeness (QED) is 0.598. The standard InChI is InChI=1S/C13H15N3O3S/c1-3-10(12(17)18-4-2)20-13-16-15-11(19-13)9-5-7-14-8-6-9/h5-8,10H,3-4H2,1-2H3. The van der Waals surface area contributed by atoms with Gasteiger partial charge in [-0.3, -0.25) is 9.78 Å². The van der Waals surface area contributed by atoms with Gasteiger partial charge in [-0.1, -0.05) is 18.7 Å². The van der Waals surface area contributed by atoms with E-state index >= 15 is 0 Å². The predicted molar refractivity (Wildman–Crippen MR) is 74.1 cm³/mol. The number of thioether (sulfide) groups is 1. The lowest BCUT2D eigenvalue weighted by molar-refractivity contribution is -0.142. The summed E-state index contributed by atoms with van der Waals surface area (Å²) >= 11 is 1.22. The van der Waals surface area contributed by atoms with Crippen molar-refractivity contribution in [3.05, 3.63) is 24.5 Å². The average molecular weight is 293 g/mol. The zero-order chi connectivity index (χ0) is 14.4. The van der Waals surface area contributed by atoms with E-state index in [1.165, 1.54) is 11.8 Å². The molecule has 2 aromatic rings. The number of esters is 1. The Kier molecular flexibility index (Phi) is 5.11. The zero-order valence-electron chi connectivity index (χ0n) is 11.3. The summed E-state index contributed by atoms with van der Waals surface area (Å²) in [5.41, 5.74) is 0.795. The molecule has 6 nitrogen and oxygen atoms in total. The van der Waals surface area contributed by atoms with Crippen LogP contribution in [0.4, 0.5) is 0 Å². The van der Waals surface area contributed by atoms with E-state index in [9.17, 15) is 4.79 Å². The monoisotopic (exact) mass is 293 g/mol. The third-order valence-corrected chi connectivity index (χ3v) is 3.67. The van der Waals surface area contributed by atoms with Crippen LogP contribution in [-0.4, -0.2) is 33.0 Å². The molecule has 2 heterocycles. The van der Waals surface area contributed by atoms with Crippen molar-refractivity contribution in [2.75, 3.05) is 6.61 Å². The van der Waals surface area contributed by atoms with Crippen LogP contribution in [0.3, 0.4) is 0 Å². The van der Waals surface area contributed by atoms with E-state index in [0.717, 1.165) is 5.56 Å². The molecule has 1 atom stereocenters.